The number of phosphoric ester groups is 1. The number of imidazole rings is 1. The number of hydrogen-bond acceptors (Lipinski definition) is 7. The first-order valence-corrected chi connectivity index (χ1v) is 8.98. The zero-order chi connectivity index (χ0) is 19.4. The lowest BCUT2D eigenvalue weighted by Gasteiger charge is -2.16. The molecule has 1 aliphatic heterocycles. The number of aliphatic hydroxyl groups is 1. The minimum absolute atomic E-state index is 0.0168. The number of phosphoric acid groups is 1. The predicted molar refractivity (Wildman–Crippen MR) is 85.6 cm³/mol. The minimum Gasteiger partial charge on any atom is -0.390 e. The van der Waals surface area contributed by atoms with Crippen molar-refractivity contribution in [3.8, 4) is 0 Å². The summed E-state index contributed by atoms with van der Waals surface area (Å²) in [5.74, 6) is 0. The Morgan fingerprint density at radius 2 is 1.92 bits per heavy atom. The molecule has 0 saturated carbocycles. The molecule has 1 fully saturated rings. The molecule has 0 aromatic carbocycles. The summed E-state index contributed by atoms with van der Waals surface area (Å²) in [6.07, 6.45) is -3.44. The second-order valence-electron chi connectivity index (χ2n) is 5.92. The maximum atomic E-state index is 12.3. The monoisotopic (exact) mass is 392 g/mol. The Bertz CT molecular complexity index is 1070. The number of aromatic amines is 1. The third-order valence-electron chi connectivity index (χ3n) is 4.21. The Balaban J connectivity index is 2.03. The van der Waals surface area contributed by atoms with Crippen LogP contribution in [0.2, 0.25) is 0 Å². The molecule has 13 nitrogen and oxygen atoms in total. The summed E-state index contributed by atoms with van der Waals surface area (Å²) in [6, 6.07) is 0. The van der Waals surface area contributed by atoms with Crippen LogP contribution in [0.5, 0.6) is 0 Å². The van der Waals surface area contributed by atoms with Crippen LogP contribution in [0.25, 0.3) is 11.2 Å². The summed E-state index contributed by atoms with van der Waals surface area (Å²) < 4.78 is 23.5. The molecule has 1 aliphatic rings. The highest BCUT2D eigenvalue weighted by molar-refractivity contribution is 7.46. The van der Waals surface area contributed by atoms with Gasteiger partial charge in [0.05, 0.1) is 12.7 Å². The highest BCUT2D eigenvalue weighted by atomic mass is 31.2. The number of aliphatic hydroxyl groups excluding tert-OH is 1. The van der Waals surface area contributed by atoms with Crippen LogP contribution in [-0.2, 0) is 27.9 Å². The van der Waals surface area contributed by atoms with Crippen LogP contribution in [0.15, 0.2) is 14.4 Å². The van der Waals surface area contributed by atoms with Gasteiger partial charge in [0.25, 0.3) is 5.56 Å². The number of hydrogen-bond donors (Lipinski definition) is 4. The first-order valence-electron chi connectivity index (χ1n) is 7.45. The summed E-state index contributed by atoms with van der Waals surface area (Å²) in [5.41, 5.74) is -2.20. The number of aryl methyl sites for hydroxylation is 1. The second kappa shape index (κ2) is 6.30. The van der Waals surface area contributed by atoms with E-state index < -0.39 is 49.8 Å². The molecule has 0 aliphatic carbocycles. The highest BCUT2D eigenvalue weighted by Crippen LogP contribution is 2.38. The Labute approximate surface area is 144 Å². The van der Waals surface area contributed by atoms with Crippen molar-refractivity contribution in [1.29, 1.82) is 0 Å². The van der Waals surface area contributed by atoms with Crippen LogP contribution in [0.1, 0.15) is 12.6 Å². The fourth-order valence-corrected chi connectivity index (χ4v) is 3.29. The van der Waals surface area contributed by atoms with Crippen LogP contribution >= 0.6 is 7.82 Å². The van der Waals surface area contributed by atoms with Crippen molar-refractivity contribution >= 4 is 19.0 Å². The van der Waals surface area contributed by atoms with Crippen LogP contribution < -0.4 is 16.9 Å². The smallest absolute Gasteiger partial charge is 0.390 e. The van der Waals surface area contributed by atoms with Crippen LogP contribution in [-0.4, -0.2) is 52.4 Å². The number of rotatable bonds is 4. The van der Waals surface area contributed by atoms with Crippen molar-refractivity contribution in [2.24, 2.45) is 14.1 Å². The van der Waals surface area contributed by atoms with E-state index in [-0.39, 0.29) is 17.6 Å². The standard InChI is InChI=1S/C12H17N4O9P/c1-14-9-8(10(18)15(2)12(14)20)13-11(19)16(9)7-3-5(17)6(25-7)4-24-26(21,22)23/h5-7,17H,3-4H2,1-2H3,(H,13,19)(H2,21,22,23)/t5-,6+,7+/m0/s1. The molecule has 0 unspecified atom stereocenters. The normalized spacial score (nSPS) is 23.8. The van der Waals surface area contributed by atoms with Crippen molar-refractivity contribution in [1.82, 2.24) is 18.7 Å². The van der Waals surface area contributed by atoms with E-state index in [0.717, 1.165) is 13.7 Å². The van der Waals surface area contributed by atoms with E-state index in [4.69, 9.17) is 14.5 Å². The maximum absolute atomic E-state index is 12.3. The van der Waals surface area contributed by atoms with Gasteiger partial charge in [0.2, 0.25) is 0 Å². The van der Waals surface area contributed by atoms with Gasteiger partial charge in [-0.25, -0.2) is 14.2 Å². The lowest BCUT2D eigenvalue weighted by Crippen LogP contribution is -2.37. The van der Waals surface area contributed by atoms with Gasteiger partial charge >= 0.3 is 19.2 Å². The lowest BCUT2D eigenvalue weighted by molar-refractivity contribution is -0.0435. The van der Waals surface area contributed by atoms with Crippen molar-refractivity contribution < 1.29 is 28.7 Å². The van der Waals surface area contributed by atoms with Crippen molar-refractivity contribution in [2.45, 2.75) is 24.9 Å². The van der Waals surface area contributed by atoms with E-state index in [0.29, 0.717) is 0 Å². The molecule has 0 amide bonds. The molecular weight excluding hydrogens is 375 g/mol. The predicted octanol–water partition coefficient (Wildman–Crippen LogP) is -2.52. The molecule has 0 spiro atoms. The van der Waals surface area contributed by atoms with Gasteiger partial charge in [-0.2, -0.15) is 0 Å². The lowest BCUT2D eigenvalue weighted by atomic mass is 10.2. The fourth-order valence-electron chi connectivity index (χ4n) is 2.95. The molecule has 0 radical (unpaired) electrons. The number of aromatic nitrogens is 4. The Morgan fingerprint density at radius 1 is 1.27 bits per heavy atom. The van der Waals surface area contributed by atoms with Gasteiger partial charge in [0.15, 0.2) is 11.2 Å². The topological polar surface area (TPSA) is 178 Å². The van der Waals surface area contributed by atoms with Gasteiger partial charge in [-0.15, -0.1) is 0 Å². The molecule has 3 atom stereocenters. The molecule has 1 saturated heterocycles. The molecule has 3 heterocycles. The van der Waals surface area contributed by atoms with E-state index in [1.165, 1.54) is 14.1 Å². The average Bonchev–Trinajstić information content (AvgIpc) is 3.08. The first-order chi connectivity index (χ1) is 12.0. The quantitative estimate of drug-likeness (QED) is 0.409. The van der Waals surface area contributed by atoms with Crippen molar-refractivity contribution in [3.05, 3.63) is 31.3 Å². The Kier molecular flexibility index (Phi) is 4.55. The van der Waals surface area contributed by atoms with Crippen molar-refractivity contribution in [3.63, 3.8) is 0 Å². The maximum Gasteiger partial charge on any atom is 0.469 e. The molecule has 0 bridgehead atoms. The third kappa shape index (κ3) is 3.09. The number of nitrogens with zero attached hydrogens (tertiary/aromatic N) is 3. The largest absolute Gasteiger partial charge is 0.469 e. The molecule has 4 N–H and O–H groups in total. The molecule has 14 heteroatoms. The molecular formula is C12H17N4O9P. The third-order valence-corrected chi connectivity index (χ3v) is 4.70. The zero-order valence-electron chi connectivity index (χ0n) is 13.7. The van der Waals surface area contributed by atoms with Gasteiger partial charge in [-0.05, 0) is 0 Å². The number of fused-ring (bicyclic) bond motifs is 1. The molecule has 26 heavy (non-hydrogen) atoms. The van der Waals surface area contributed by atoms with Crippen LogP contribution in [0, 0.1) is 0 Å². The number of ether oxygens (including phenoxy) is 1. The van der Waals surface area contributed by atoms with Crippen LogP contribution in [0.3, 0.4) is 0 Å². The van der Waals surface area contributed by atoms with Gasteiger partial charge in [-0.1, -0.05) is 0 Å². The molecule has 2 aromatic heterocycles. The van der Waals surface area contributed by atoms with E-state index in [1.807, 2.05) is 0 Å². The number of nitrogens with one attached hydrogen (secondary N) is 1. The summed E-state index contributed by atoms with van der Waals surface area (Å²) >= 11 is 0. The SMILES string of the molecule is Cn1c(=O)c2[nH]c(=O)n([C@H]3C[C@H](O)[C@@H](COP(=O)(O)O)O3)c2n(C)c1=O. The zero-order valence-corrected chi connectivity index (χ0v) is 14.6. The van der Waals surface area contributed by atoms with Gasteiger partial charge < -0.3 is 19.6 Å². The average molecular weight is 392 g/mol. The molecule has 2 aromatic rings. The highest BCUT2D eigenvalue weighted by Gasteiger charge is 2.38. The van der Waals surface area contributed by atoms with E-state index in [2.05, 4.69) is 9.51 Å². The Hall–Kier alpha value is -2.02. The van der Waals surface area contributed by atoms with E-state index >= 15 is 0 Å². The summed E-state index contributed by atoms with van der Waals surface area (Å²) in [6.45, 7) is -0.597. The molecule has 3 rings (SSSR count). The van der Waals surface area contributed by atoms with Gasteiger partial charge in [-0.3, -0.25) is 28.0 Å². The van der Waals surface area contributed by atoms with Gasteiger partial charge in [0, 0.05) is 20.5 Å². The van der Waals surface area contributed by atoms with E-state index in [9.17, 15) is 24.1 Å². The fraction of sp³-hybridized carbons (Fsp3) is 0.583. The first kappa shape index (κ1) is 18.8. The van der Waals surface area contributed by atoms with Crippen molar-refractivity contribution in [2.75, 3.05) is 6.61 Å². The van der Waals surface area contributed by atoms with E-state index in [1.54, 1.807) is 0 Å². The van der Waals surface area contributed by atoms with Gasteiger partial charge in [0.1, 0.15) is 12.3 Å². The summed E-state index contributed by atoms with van der Waals surface area (Å²) in [4.78, 5) is 56.5. The summed E-state index contributed by atoms with van der Waals surface area (Å²) in [5, 5.41) is 10.0. The summed E-state index contributed by atoms with van der Waals surface area (Å²) in [7, 11) is -2.12. The van der Waals surface area contributed by atoms with Crippen LogP contribution in [0.4, 0.5) is 0 Å². The molecule has 144 valence electrons. The minimum atomic E-state index is -4.75. The second-order valence-corrected chi connectivity index (χ2v) is 7.16. The Morgan fingerprint density at radius 3 is 2.54 bits per heavy atom. The number of H-pyrrole nitrogens is 1.